The molecular formula is C10H14ClIN4. The van der Waals surface area contributed by atoms with Crippen molar-refractivity contribution in [2.24, 2.45) is 0 Å². The van der Waals surface area contributed by atoms with Crippen LogP contribution in [0.1, 0.15) is 0 Å². The molecule has 2 rings (SSSR count). The lowest BCUT2D eigenvalue weighted by molar-refractivity contribution is 0.272. The van der Waals surface area contributed by atoms with E-state index < -0.39 is 0 Å². The zero-order chi connectivity index (χ0) is 11.4. The Bertz CT molecular complexity index is 341. The molecule has 2 heterocycles. The molecule has 1 aliphatic heterocycles. The van der Waals surface area contributed by atoms with E-state index >= 15 is 0 Å². The molecule has 1 aromatic rings. The average molecular weight is 353 g/mol. The number of anilines is 1. The number of aromatic nitrogens is 2. The molecule has 1 aromatic heterocycles. The van der Waals surface area contributed by atoms with E-state index in [-0.39, 0.29) is 0 Å². The van der Waals surface area contributed by atoms with Crippen molar-refractivity contribution in [3.63, 3.8) is 0 Å². The van der Waals surface area contributed by atoms with E-state index in [1.165, 1.54) is 0 Å². The highest BCUT2D eigenvalue weighted by molar-refractivity contribution is 14.1. The van der Waals surface area contributed by atoms with Gasteiger partial charge in [-0.1, -0.05) is 0 Å². The Kier molecular flexibility index (Phi) is 4.60. The fraction of sp³-hybridized carbons (Fsp3) is 0.600. The maximum absolute atomic E-state index is 5.74. The second-order valence-corrected chi connectivity index (χ2v) is 5.25. The van der Waals surface area contributed by atoms with Gasteiger partial charge in [0.15, 0.2) is 0 Å². The predicted molar refractivity (Wildman–Crippen MR) is 74.1 cm³/mol. The van der Waals surface area contributed by atoms with Crippen LogP contribution >= 0.6 is 34.2 Å². The van der Waals surface area contributed by atoms with Crippen LogP contribution < -0.4 is 4.90 Å². The van der Waals surface area contributed by atoms with E-state index in [2.05, 4.69) is 42.4 Å². The molecule has 0 N–H and O–H groups in total. The van der Waals surface area contributed by atoms with Crippen molar-refractivity contribution in [2.45, 2.75) is 0 Å². The van der Waals surface area contributed by atoms with Crippen molar-refractivity contribution in [3.05, 3.63) is 16.1 Å². The normalized spacial score (nSPS) is 17.8. The van der Waals surface area contributed by atoms with Gasteiger partial charge in [-0.3, -0.25) is 4.90 Å². The van der Waals surface area contributed by atoms with Crippen LogP contribution in [0.15, 0.2) is 12.5 Å². The molecule has 1 aliphatic rings. The SMILES string of the molecule is ClCCN1CCN(c2ncncc2I)CC1. The first kappa shape index (κ1) is 12.3. The number of nitrogens with zero attached hydrogens (tertiary/aromatic N) is 4. The minimum Gasteiger partial charge on any atom is -0.353 e. The van der Waals surface area contributed by atoms with Gasteiger partial charge in [0, 0.05) is 44.8 Å². The summed E-state index contributed by atoms with van der Waals surface area (Å²) in [5, 5.41) is 0. The van der Waals surface area contributed by atoms with Crippen molar-refractivity contribution in [3.8, 4) is 0 Å². The van der Waals surface area contributed by atoms with Crippen LogP contribution in [0.25, 0.3) is 0 Å². The highest BCUT2D eigenvalue weighted by Crippen LogP contribution is 2.19. The summed E-state index contributed by atoms with van der Waals surface area (Å²) in [5.41, 5.74) is 0. The summed E-state index contributed by atoms with van der Waals surface area (Å²) in [5.74, 6) is 1.77. The molecule has 88 valence electrons. The van der Waals surface area contributed by atoms with Gasteiger partial charge in [0.25, 0.3) is 0 Å². The third kappa shape index (κ3) is 2.95. The van der Waals surface area contributed by atoms with Crippen LogP contribution in [0.3, 0.4) is 0 Å². The molecule has 0 spiro atoms. The standard InChI is InChI=1S/C10H14ClIN4/c11-1-2-15-3-5-16(6-4-15)10-9(12)7-13-8-14-10/h7-8H,1-6H2. The Balaban J connectivity index is 1.96. The van der Waals surface area contributed by atoms with Gasteiger partial charge in [0.05, 0.1) is 3.57 Å². The van der Waals surface area contributed by atoms with Gasteiger partial charge in [0.1, 0.15) is 12.1 Å². The molecule has 16 heavy (non-hydrogen) atoms. The Labute approximate surface area is 114 Å². The molecule has 0 aromatic carbocycles. The second kappa shape index (κ2) is 5.97. The van der Waals surface area contributed by atoms with Gasteiger partial charge in [0.2, 0.25) is 0 Å². The lowest BCUT2D eigenvalue weighted by Crippen LogP contribution is -2.47. The van der Waals surface area contributed by atoms with Gasteiger partial charge < -0.3 is 4.90 Å². The van der Waals surface area contributed by atoms with Crippen molar-refractivity contribution >= 4 is 40.0 Å². The first-order chi connectivity index (χ1) is 7.81. The van der Waals surface area contributed by atoms with Crippen molar-refractivity contribution < 1.29 is 0 Å². The number of alkyl halides is 1. The van der Waals surface area contributed by atoms with E-state index in [1.807, 2.05) is 6.20 Å². The summed E-state index contributed by atoms with van der Waals surface area (Å²) in [7, 11) is 0. The van der Waals surface area contributed by atoms with Crippen molar-refractivity contribution in [1.29, 1.82) is 0 Å². The maximum atomic E-state index is 5.74. The topological polar surface area (TPSA) is 32.3 Å². The number of hydrogen-bond acceptors (Lipinski definition) is 4. The van der Waals surface area contributed by atoms with Crippen LogP contribution in [0.5, 0.6) is 0 Å². The molecule has 4 nitrogen and oxygen atoms in total. The maximum Gasteiger partial charge on any atom is 0.145 e. The first-order valence-corrected chi connectivity index (χ1v) is 6.91. The summed E-state index contributed by atoms with van der Waals surface area (Å²) < 4.78 is 1.12. The first-order valence-electron chi connectivity index (χ1n) is 5.30. The van der Waals surface area contributed by atoms with Gasteiger partial charge >= 0.3 is 0 Å². The van der Waals surface area contributed by atoms with E-state index in [0.29, 0.717) is 5.88 Å². The van der Waals surface area contributed by atoms with Crippen molar-refractivity contribution in [2.75, 3.05) is 43.5 Å². The Morgan fingerprint density at radius 3 is 2.69 bits per heavy atom. The van der Waals surface area contributed by atoms with Crippen LogP contribution in [0, 0.1) is 3.57 Å². The molecule has 1 saturated heterocycles. The zero-order valence-corrected chi connectivity index (χ0v) is 11.9. The lowest BCUT2D eigenvalue weighted by Gasteiger charge is -2.35. The largest absolute Gasteiger partial charge is 0.353 e. The minimum atomic E-state index is 0.713. The van der Waals surface area contributed by atoms with Crippen LogP contribution in [0.2, 0.25) is 0 Å². The molecule has 0 saturated carbocycles. The number of piperazine rings is 1. The van der Waals surface area contributed by atoms with Gasteiger partial charge in [-0.25, -0.2) is 9.97 Å². The highest BCUT2D eigenvalue weighted by atomic mass is 127. The third-order valence-corrected chi connectivity index (χ3v) is 3.65. The van der Waals surface area contributed by atoms with Gasteiger partial charge in [-0.05, 0) is 22.6 Å². The molecule has 0 bridgehead atoms. The fourth-order valence-electron chi connectivity index (χ4n) is 1.84. The smallest absolute Gasteiger partial charge is 0.145 e. The fourth-order valence-corrected chi connectivity index (χ4v) is 2.72. The van der Waals surface area contributed by atoms with E-state index in [0.717, 1.165) is 42.1 Å². The number of hydrogen-bond donors (Lipinski definition) is 0. The molecule has 0 aliphatic carbocycles. The molecule has 0 unspecified atom stereocenters. The predicted octanol–water partition coefficient (Wildman–Crippen LogP) is 1.44. The lowest BCUT2D eigenvalue weighted by atomic mass is 10.3. The van der Waals surface area contributed by atoms with Gasteiger partial charge in [-0.2, -0.15) is 0 Å². The molecule has 1 fully saturated rings. The minimum absolute atomic E-state index is 0.713. The average Bonchev–Trinajstić information content (AvgIpc) is 2.31. The summed E-state index contributed by atoms with van der Waals surface area (Å²) in [4.78, 5) is 13.0. The third-order valence-electron chi connectivity index (χ3n) is 2.72. The van der Waals surface area contributed by atoms with Gasteiger partial charge in [-0.15, -0.1) is 11.6 Å². The second-order valence-electron chi connectivity index (χ2n) is 3.71. The summed E-state index contributed by atoms with van der Waals surface area (Å²) in [6.07, 6.45) is 3.47. The van der Waals surface area contributed by atoms with E-state index in [9.17, 15) is 0 Å². The van der Waals surface area contributed by atoms with Crippen LogP contribution in [-0.2, 0) is 0 Å². The molecule has 0 radical (unpaired) electrons. The summed E-state index contributed by atoms with van der Waals surface area (Å²) in [6.45, 7) is 5.14. The number of rotatable bonds is 3. The monoisotopic (exact) mass is 352 g/mol. The highest BCUT2D eigenvalue weighted by Gasteiger charge is 2.18. The van der Waals surface area contributed by atoms with Crippen LogP contribution in [0.4, 0.5) is 5.82 Å². The Hall–Kier alpha value is -0.140. The Morgan fingerprint density at radius 2 is 2.06 bits per heavy atom. The summed E-state index contributed by atoms with van der Waals surface area (Å²) in [6, 6.07) is 0. The molecule has 0 atom stereocenters. The number of halogens is 2. The molecule has 6 heteroatoms. The summed E-state index contributed by atoms with van der Waals surface area (Å²) >= 11 is 8.02. The quantitative estimate of drug-likeness (QED) is 0.609. The van der Waals surface area contributed by atoms with Crippen LogP contribution in [-0.4, -0.2) is 53.5 Å². The Morgan fingerprint density at radius 1 is 1.31 bits per heavy atom. The zero-order valence-electron chi connectivity index (χ0n) is 8.94. The van der Waals surface area contributed by atoms with E-state index in [1.54, 1.807) is 6.33 Å². The van der Waals surface area contributed by atoms with E-state index in [4.69, 9.17) is 11.6 Å². The molecule has 0 amide bonds. The molecular weight excluding hydrogens is 338 g/mol. The van der Waals surface area contributed by atoms with Crippen molar-refractivity contribution in [1.82, 2.24) is 14.9 Å².